The highest BCUT2D eigenvalue weighted by Gasteiger charge is 2.18. The summed E-state index contributed by atoms with van der Waals surface area (Å²) in [5, 5.41) is 5.55. The van der Waals surface area contributed by atoms with E-state index >= 15 is 0 Å². The quantitative estimate of drug-likeness (QED) is 0.464. The van der Waals surface area contributed by atoms with E-state index in [1.165, 1.54) is 6.26 Å². The summed E-state index contributed by atoms with van der Waals surface area (Å²) in [6.07, 6.45) is 1.84. The van der Waals surface area contributed by atoms with Crippen molar-refractivity contribution in [3.63, 3.8) is 0 Å². The number of ether oxygens (including phenoxy) is 1. The minimum absolute atomic E-state index is 0.0743. The van der Waals surface area contributed by atoms with Gasteiger partial charge in [-0.2, -0.15) is 0 Å². The van der Waals surface area contributed by atoms with Crippen molar-refractivity contribution >= 4 is 23.5 Å². The second kappa shape index (κ2) is 10.8. The van der Waals surface area contributed by atoms with E-state index in [1.807, 2.05) is 4.90 Å². The van der Waals surface area contributed by atoms with Crippen molar-refractivity contribution in [2.24, 2.45) is 0 Å². The van der Waals surface area contributed by atoms with Crippen LogP contribution < -0.4 is 21.1 Å². The lowest BCUT2D eigenvalue weighted by molar-refractivity contribution is -0.116. The molecule has 3 N–H and O–H groups in total. The number of aromatic nitrogens is 2. The lowest BCUT2D eigenvalue weighted by Crippen LogP contribution is -2.38. The number of rotatable bonds is 8. The first-order chi connectivity index (χ1) is 16.5. The molecule has 10 nitrogen and oxygen atoms in total. The molecule has 1 aromatic carbocycles. The molecule has 178 valence electrons. The highest BCUT2D eigenvalue weighted by molar-refractivity contribution is 6.03. The molecular formula is C24H27N5O5. The van der Waals surface area contributed by atoms with Gasteiger partial charge < -0.3 is 24.7 Å². The number of hydrogen-bond donors (Lipinski definition) is 3. The third-order valence-electron chi connectivity index (χ3n) is 5.57. The van der Waals surface area contributed by atoms with Crippen LogP contribution in [0.5, 0.6) is 0 Å². The summed E-state index contributed by atoms with van der Waals surface area (Å²) in [6, 6.07) is 10.3. The van der Waals surface area contributed by atoms with Gasteiger partial charge in [0.1, 0.15) is 5.76 Å². The van der Waals surface area contributed by atoms with Crippen LogP contribution in [0, 0.1) is 6.92 Å². The minimum atomic E-state index is -0.331. The number of nitrogens with zero attached hydrogens (tertiary/aromatic N) is 2. The predicted molar refractivity (Wildman–Crippen MR) is 126 cm³/mol. The lowest BCUT2D eigenvalue weighted by Gasteiger charge is -2.27. The Bertz CT molecular complexity index is 1200. The molecule has 0 aliphatic carbocycles. The van der Waals surface area contributed by atoms with Crippen LogP contribution >= 0.6 is 0 Å². The van der Waals surface area contributed by atoms with Gasteiger partial charge in [0.15, 0.2) is 0 Å². The Morgan fingerprint density at radius 1 is 1.15 bits per heavy atom. The van der Waals surface area contributed by atoms with E-state index in [1.54, 1.807) is 43.3 Å². The highest BCUT2D eigenvalue weighted by atomic mass is 16.5. The molecular weight excluding hydrogens is 438 g/mol. The number of anilines is 2. The van der Waals surface area contributed by atoms with E-state index in [4.69, 9.17) is 9.15 Å². The monoisotopic (exact) mass is 465 g/mol. The number of aromatic amines is 1. The van der Waals surface area contributed by atoms with Crippen molar-refractivity contribution in [3.05, 3.63) is 75.6 Å². The molecule has 0 radical (unpaired) electrons. The summed E-state index contributed by atoms with van der Waals surface area (Å²) < 4.78 is 10.6. The van der Waals surface area contributed by atoms with E-state index in [0.29, 0.717) is 60.5 Å². The van der Waals surface area contributed by atoms with Gasteiger partial charge in [-0.15, -0.1) is 0 Å². The molecule has 4 rings (SSSR count). The van der Waals surface area contributed by atoms with Crippen molar-refractivity contribution in [3.8, 4) is 0 Å². The first-order valence-electron chi connectivity index (χ1n) is 11.1. The van der Waals surface area contributed by atoms with Gasteiger partial charge in [0.05, 0.1) is 37.3 Å². The molecule has 1 fully saturated rings. The molecule has 0 unspecified atom stereocenters. The second-order valence-corrected chi connectivity index (χ2v) is 7.91. The number of carbonyl (C=O) groups excluding carboxylic acids is 2. The van der Waals surface area contributed by atoms with Gasteiger partial charge >= 0.3 is 0 Å². The van der Waals surface area contributed by atoms with E-state index < -0.39 is 0 Å². The SMILES string of the molecule is Cc1nc(N2CCOCC2)[nH]c(=O)c1CCC(=O)Nc1ccccc1C(=O)NCc1ccco1. The van der Waals surface area contributed by atoms with Crippen molar-refractivity contribution < 1.29 is 18.7 Å². The number of benzene rings is 1. The standard InChI is InChI=1S/C24H27N5O5/c1-16-18(23(32)28-24(26-16)29-10-13-33-14-11-29)8-9-21(30)27-20-7-3-2-6-19(20)22(31)25-15-17-5-4-12-34-17/h2-7,12H,8-11,13-15H2,1H3,(H,25,31)(H,27,30)(H,26,28,32). The maximum Gasteiger partial charge on any atom is 0.255 e. The zero-order valence-electron chi connectivity index (χ0n) is 18.9. The Morgan fingerprint density at radius 2 is 1.94 bits per heavy atom. The first kappa shape index (κ1) is 23.2. The Labute approximate surface area is 196 Å². The predicted octanol–water partition coefficient (Wildman–Crippen LogP) is 2.01. The number of furan rings is 1. The Balaban J connectivity index is 1.37. The van der Waals surface area contributed by atoms with Gasteiger partial charge in [0.25, 0.3) is 11.5 Å². The minimum Gasteiger partial charge on any atom is -0.467 e. The number of nitrogens with one attached hydrogen (secondary N) is 3. The van der Waals surface area contributed by atoms with Crippen LogP contribution in [0.4, 0.5) is 11.6 Å². The molecule has 3 heterocycles. The zero-order valence-corrected chi connectivity index (χ0v) is 18.9. The summed E-state index contributed by atoms with van der Waals surface area (Å²) in [4.78, 5) is 47.2. The lowest BCUT2D eigenvalue weighted by atomic mass is 10.1. The first-order valence-corrected chi connectivity index (χ1v) is 11.1. The average molecular weight is 466 g/mol. The van der Waals surface area contributed by atoms with Gasteiger partial charge in [-0.05, 0) is 37.6 Å². The zero-order chi connectivity index (χ0) is 23.9. The topological polar surface area (TPSA) is 130 Å². The Morgan fingerprint density at radius 3 is 2.68 bits per heavy atom. The van der Waals surface area contributed by atoms with E-state index in [-0.39, 0.29) is 36.8 Å². The molecule has 1 saturated heterocycles. The molecule has 0 bridgehead atoms. The number of H-pyrrole nitrogens is 1. The number of para-hydroxylation sites is 1. The van der Waals surface area contributed by atoms with Gasteiger partial charge in [-0.3, -0.25) is 19.4 Å². The fourth-order valence-electron chi connectivity index (χ4n) is 3.73. The largest absolute Gasteiger partial charge is 0.467 e. The summed E-state index contributed by atoms with van der Waals surface area (Å²) in [5.41, 5.74) is 1.55. The van der Waals surface area contributed by atoms with Gasteiger partial charge in [-0.1, -0.05) is 12.1 Å². The smallest absolute Gasteiger partial charge is 0.255 e. The fraction of sp³-hybridized carbons (Fsp3) is 0.333. The van der Waals surface area contributed by atoms with Crippen LogP contribution in [0.25, 0.3) is 0 Å². The summed E-state index contributed by atoms with van der Waals surface area (Å²) in [5.74, 6) is 0.516. The Hall–Kier alpha value is -3.92. The molecule has 1 aliphatic rings. The van der Waals surface area contributed by atoms with Crippen molar-refractivity contribution in [1.82, 2.24) is 15.3 Å². The molecule has 34 heavy (non-hydrogen) atoms. The normalized spacial score (nSPS) is 13.5. The van der Waals surface area contributed by atoms with Crippen LogP contribution in [0.3, 0.4) is 0 Å². The van der Waals surface area contributed by atoms with E-state index in [2.05, 4.69) is 20.6 Å². The molecule has 3 aromatic rings. The van der Waals surface area contributed by atoms with E-state index in [9.17, 15) is 14.4 Å². The van der Waals surface area contributed by atoms with Crippen LogP contribution in [0.1, 0.15) is 33.8 Å². The number of aryl methyl sites for hydroxylation is 1. The maximum absolute atomic E-state index is 12.6. The third kappa shape index (κ3) is 5.70. The van der Waals surface area contributed by atoms with Crippen LogP contribution in [-0.2, 0) is 22.5 Å². The van der Waals surface area contributed by atoms with Gasteiger partial charge in [0, 0.05) is 30.8 Å². The van der Waals surface area contributed by atoms with Crippen LogP contribution in [-0.4, -0.2) is 48.1 Å². The summed E-state index contributed by atoms with van der Waals surface area (Å²) >= 11 is 0. The molecule has 0 spiro atoms. The number of morpholine rings is 1. The number of hydrogen-bond acceptors (Lipinski definition) is 7. The van der Waals surface area contributed by atoms with Gasteiger partial charge in [-0.25, -0.2) is 4.98 Å². The number of amides is 2. The average Bonchev–Trinajstić information content (AvgIpc) is 3.36. The molecule has 1 aliphatic heterocycles. The maximum atomic E-state index is 12.6. The number of carbonyl (C=O) groups is 2. The van der Waals surface area contributed by atoms with Crippen molar-refractivity contribution in [2.45, 2.75) is 26.3 Å². The fourth-order valence-corrected chi connectivity index (χ4v) is 3.73. The highest BCUT2D eigenvalue weighted by Crippen LogP contribution is 2.17. The van der Waals surface area contributed by atoms with Crippen molar-refractivity contribution in [1.29, 1.82) is 0 Å². The summed E-state index contributed by atoms with van der Waals surface area (Å²) in [6.45, 7) is 4.52. The molecule has 0 atom stereocenters. The molecule has 0 saturated carbocycles. The van der Waals surface area contributed by atoms with Crippen LogP contribution in [0.15, 0.2) is 51.9 Å². The Kier molecular flexibility index (Phi) is 7.38. The van der Waals surface area contributed by atoms with E-state index in [0.717, 1.165) is 0 Å². The molecule has 10 heteroatoms. The molecule has 2 amide bonds. The second-order valence-electron chi connectivity index (χ2n) is 7.91. The third-order valence-corrected chi connectivity index (χ3v) is 5.57. The molecule has 2 aromatic heterocycles. The van der Waals surface area contributed by atoms with Gasteiger partial charge in [0.2, 0.25) is 11.9 Å². The van der Waals surface area contributed by atoms with Crippen LogP contribution in [0.2, 0.25) is 0 Å². The van der Waals surface area contributed by atoms with Crippen molar-refractivity contribution in [2.75, 3.05) is 36.5 Å². The summed E-state index contributed by atoms with van der Waals surface area (Å²) in [7, 11) is 0.